The molecule has 0 radical (unpaired) electrons. The van der Waals surface area contributed by atoms with E-state index in [9.17, 15) is 13.2 Å². The summed E-state index contributed by atoms with van der Waals surface area (Å²) in [5.41, 5.74) is 7.75. The summed E-state index contributed by atoms with van der Waals surface area (Å²) in [6.45, 7) is 2.07. The Labute approximate surface area is 309 Å². The van der Waals surface area contributed by atoms with E-state index in [1.54, 1.807) is 12.1 Å². The normalized spacial score (nSPS) is 11.7. The number of para-hydroxylation sites is 1. The molecule has 0 amide bonds. The molecule has 9 aromatic rings. The third-order valence-electron chi connectivity index (χ3n) is 9.75. The van der Waals surface area contributed by atoms with Crippen LogP contribution in [0.2, 0.25) is 0 Å². The molecule has 0 saturated carbocycles. The Kier molecular flexibility index (Phi) is 8.12. The highest BCUT2D eigenvalue weighted by Gasteiger charge is 2.33. The molecule has 0 spiro atoms. The van der Waals surface area contributed by atoms with Crippen molar-refractivity contribution in [3.05, 3.63) is 181 Å². The molecular weight excluding hydrogens is 678 g/mol. The Morgan fingerprint density at radius 3 is 1.70 bits per heavy atom. The van der Waals surface area contributed by atoms with Gasteiger partial charge in [-0.25, -0.2) is 15.0 Å². The van der Waals surface area contributed by atoms with E-state index < -0.39 is 11.7 Å². The van der Waals surface area contributed by atoms with Crippen molar-refractivity contribution in [3.8, 4) is 62.1 Å². The molecule has 260 valence electrons. The van der Waals surface area contributed by atoms with Crippen molar-refractivity contribution in [3.63, 3.8) is 0 Å². The standard InChI is InChI=1S/C47H31F3N4/c1-30-13-12-18-33(27-30)34-23-25-38-37-20-9-11-22-41(37)54(42(38)28-34)43-29-35(36-19-8-10-21-40(36)47(48,49)50)24-26-39(43)46-52-44(31-14-4-2-5-15-31)51-45(53-46)32-16-6-3-7-17-32/h2-29H,1H3. The van der Waals surface area contributed by atoms with Crippen LogP contribution < -0.4 is 0 Å². The SMILES string of the molecule is Cc1cccc(-c2ccc3c4ccccc4n(-c4cc(-c5ccccc5C(F)(F)F)ccc4-c4nc(-c5ccccc5)nc(-c5ccccc5)n4)c3c2)c1. The van der Waals surface area contributed by atoms with Crippen LogP contribution in [0, 0.1) is 6.92 Å². The topological polar surface area (TPSA) is 43.6 Å². The van der Waals surface area contributed by atoms with E-state index in [0.717, 1.165) is 55.7 Å². The van der Waals surface area contributed by atoms with Gasteiger partial charge in [-0.2, -0.15) is 13.2 Å². The van der Waals surface area contributed by atoms with E-state index in [2.05, 4.69) is 54.0 Å². The van der Waals surface area contributed by atoms with Crippen LogP contribution in [0.25, 0.3) is 83.9 Å². The number of fused-ring (bicyclic) bond motifs is 3. The van der Waals surface area contributed by atoms with Crippen molar-refractivity contribution < 1.29 is 13.2 Å². The molecule has 0 atom stereocenters. The molecule has 0 unspecified atom stereocenters. The third-order valence-corrected chi connectivity index (χ3v) is 9.75. The monoisotopic (exact) mass is 708 g/mol. The fraction of sp³-hybridized carbons (Fsp3) is 0.0426. The van der Waals surface area contributed by atoms with Crippen LogP contribution in [0.5, 0.6) is 0 Å². The lowest BCUT2D eigenvalue weighted by Gasteiger charge is -2.18. The average Bonchev–Trinajstić information content (AvgIpc) is 3.54. The summed E-state index contributed by atoms with van der Waals surface area (Å²) in [5.74, 6) is 1.37. The minimum absolute atomic E-state index is 0.0876. The smallest absolute Gasteiger partial charge is 0.308 e. The number of aryl methyl sites for hydroxylation is 1. The number of nitrogens with zero attached hydrogens (tertiary/aromatic N) is 4. The number of hydrogen-bond donors (Lipinski definition) is 0. The minimum Gasteiger partial charge on any atom is -0.308 e. The fourth-order valence-electron chi connectivity index (χ4n) is 7.22. The minimum atomic E-state index is -4.55. The first-order valence-electron chi connectivity index (χ1n) is 17.6. The van der Waals surface area contributed by atoms with Crippen molar-refractivity contribution in [1.29, 1.82) is 0 Å². The second-order valence-corrected chi connectivity index (χ2v) is 13.3. The molecule has 0 N–H and O–H groups in total. The molecule has 0 aliphatic rings. The van der Waals surface area contributed by atoms with Crippen molar-refractivity contribution in [2.45, 2.75) is 13.1 Å². The Morgan fingerprint density at radius 2 is 1.00 bits per heavy atom. The summed E-state index contributed by atoms with van der Waals surface area (Å²) in [5, 5.41) is 2.03. The quantitative estimate of drug-likeness (QED) is 0.173. The van der Waals surface area contributed by atoms with E-state index in [1.807, 2.05) is 97.1 Å². The predicted molar refractivity (Wildman–Crippen MR) is 211 cm³/mol. The van der Waals surface area contributed by atoms with Crippen LogP contribution in [-0.2, 0) is 6.18 Å². The molecular formula is C47H31F3N4. The zero-order chi connectivity index (χ0) is 36.8. The highest BCUT2D eigenvalue weighted by Crippen LogP contribution is 2.42. The molecule has 9 rings (SSSR count). The molecule has 0 fully saturated rings. The summed E-state index contributed by atoms with van der Waals surface area (Å²) < 4.78 is 45.6. The molecule has 2 heterocycles. The maximum Gasteiger partial charge on any atom is 0.417 e. The van der Waals surface area contributed by atoms with Crippen molar-refractivity contribution in [2.75, 3.05) is 0 Å². The molecule has 0 saturated heterocycles. The van der Waals surface area contributed by atoms with Crippen molar-refractivity contribution in [1.82, 2.24) is 19.5 Å². The van der Waals surface area contributed by atoms with Gasteiger partial charge in [0.05, 0.1) is 22.3 Å². The summed E-state index contributed by atoms with van der Waals surface area (Å²) in [6.07, 6.45) is -4.55. The molecule has 2 aromatic heterocycles. The van der Waals surface area contributed by atoms with Gasteiger partial charge in [-0.1, -0.05) is 145 Å². The Hall–Kier alpha value is -6.86. The highest BCUT2D eigenvalue weighted by atomic mass is 19.4. The number of aromatic nitrogens is 4. The van der Waals surface area contributed by atoms with E-state index in [1.165, 1.54) is 12.1 Å². The van der Waals surface area contributed by atoms with Gasteiger partial charge in [-0.05, 0) is 59.5 Å². The summed E-state index contributed by atoms with van der Waals surface area (Å²) in [7, 11) is 0. The van der Waals surface area contributed by atoms with Gasteiger partial charge >= 0.3 is 6.18 Å². The maximum atomic E-state index is 14.5. The Bertz CT molecular complexity index is 2770. The number of rotatable bonds is 6. The second-order valence-electron chi connectivity index (χ2n) is 13.3. The van der Waals surface area contributed by atoms with Gasteiger partial charge in [-0.3, -0.25) is 0 Å². The van der Waals surface area contributed by atoms with Crippen LogP contribution in [-0.4, -0.2) is 19.5 Å². The lowest BCUT2D eigenvalue weighted by Crippen LogP contribution is -2.07. The molecule has 0 bridgehead atoms. The van der Waals surface area contributed by atoms with Gasteiger partial charge in [0, 0.05) is 27.5 Å². The van der Waals surface area contributed by atoms with Crippen LogP contribution >= 0.6 is 0 Å². The summed E-state index contributed by atoms with van der Waals surface area (Å²) in [6, 6.07) is 53.3. The van der Waals surface area contributed by atoms with Gasteiger partial charge in [0.2, 0.25) is 0 Å². The van der Waals surface area contributed by atoms with Gasteiger partial charge < -0.3 is 4.57 Å². The number of hydrogen-bond acceptors (Lipinski definition) is 3. The first-order valence-corrected chi connectivity index (χ1v) is 17.6. The Morgan fingerprint density at radius 1 is 0.426 bits per heavy atom. The molecule has 0 aliphatic heterocycles. The van der Waals surface area contributed by atoms with Gasteiger partial charge in [0.1, 0.15) is 0 Å². The van der Waals surface area contributed by atoms with Crippen LogP contribution in [0.1, 0.15) is 11.1 Å². The van der Waals surface area contributed by atoms with Crippen LogP contribution in [0.15, 0.2) is 170 Å². The van der Waals surface area contributed by atoms with Crippen LogP contribution in [0.3, 0.4) is 0 Å². The lowest BCUT2D eigenvalue weighted by atomic mass is 9.96. The maximum absolute atomic E-state index is 14.5. The second kappa shape index (κ2) is 13.3. The third kappa shape index (κ3) is 5.99. The van der Waals surface area contributed by atoms with Gasteiger partial charge in [-0.15, -0.1) is 0 Å². The molecule has 4 nitrogen and oxygen atoms in total. The predicted octanol–water partition coefficient (Wildman–Crippen LogP) is 12.6. The molecule has 7 heteroatoms. The van der Waals surface area contributed by atoms with Gasteiger partial charge in [0.25, 0.3) is 0 Å². The van der Waals surface area contributed by atoms with Gasteiger partial charge in [0.15, 0.2) is 17.5 Å². The average molecular weight is 709 g/mol. The molecule has 0 aliphatic carbocycles. The highest BCUT2D eigenvalue weighted by molar-refractivity contribution is 6.10. The summed E-state index contributed by atoms with van der Waals surface area (Å²) in [4.78, 5) is 15.0. The first-order chi connectivity index (χ1) is 26.3. The van der Waals surface area contributed by atoms with E-state index in [0.29, 0.717) is 34.3 Å². The van der Waals surface area contributed by atoms with Crippen molar-refractivity contribution >= 4 is 21.8 Å². The first kappa shape index (κ1) is 33.0. The van der Waals surface area contributed by atoms with Crippen LogP contribution in [0.4, 0.5) is 13.2 Å². The number of benzene rings is 7. The van der Waals surface area contributed by atoms with E-state index in [4.69, 9.17) is 15.0 Å². The lowest BCUT2D eigenvalue weighted by molar-refractivity contribution is -0.137. The molecule has 54 heavy (non-hydrogen) atoms. The summed E-state index contributed by atoms with van der Waals surface area (Å²) >= 11 is 0. The Balaban J connectivity index is 1.38. The van der Waals surface area contributed by atoms with E-state index >= 15 is 0 Å². The molecule has 7 aromatic carbocycles. The fourth-order valence-corrected chi connectivity index (χ4v) is 7.22. The van der Waals surface area contributed by atoms with E-state index in [-0.39, 0.29) is 5.56 Å². The number of alkyl halides is 3. The van der Waals surface area contributed by atoms with Crippen molar-refractivity contribution in [2.24, 2.45) is 0 Å². The number of halogens is 3. The zero-order valence-electron chi connectivity index (χ0n) is 29.1. The largest absolute Gasteiger partial charge is 0.417 e. The zero-order valence-corrected chi connectivity index (χ0v) is 29.1.